The zero-order valence-electron chi connectivity index (χ0n) is 13.0. The summed E-state index contributed by atoms with van der Waals surface area (Å²) in [7, 11) is 0. The molecule has 0 bridgehead atoms. The molecule has 4 heteroatoms. The molecule has 1 amide bonds. The van der Waals surface area contributed by atoms with Crippen molar-refractivity contribution in [1.82, 2.24) is 0 Å². The number of hydrogen-bond donors (Lipinski definition) is 1. The Kier molecular flexibility index (Phi) is 6.34. The molecule has 2 aromatic carbocycles. The summed E-state index contributed by atoms with van der Waals surface area (Å²) < 4.78 is 5.69. The van der Waals surface area contributed by atoms with Crippen LogP contribution in [0.15, 0.2) is 53.4 Å². The third kappa shape index (κ3) is 5.11. The molecule has 1 N–H and O–H groups in total. The molecule has 0 aliphatic heterocycles. The second-order valence-corrected chi connectivity index (χ2v) is 5.88. The van der Waals surface area contributed by atoms with Gasteiger partial charge < -0.3 is 10.1 Å². The molecule has 0 aliphatic rings. The molecule has 2 aromatic rings. The first kappa shape index (κ1) is 16.4. The maximum Gasteiger partial charge on any atom is 0.224 e. The number of para-hydroxylation sites is 1. The summed E-state index contributed by atoms with van der Waals surface area (Å²) in [6.07, 6.45) is 3.17. The Hall–Kier alpha value is -1.94. The number of nitrogens with one attached hydrogen (secondary N) is 1. The molecule has 0 saturated heterocycles. The van der Waals surface area contributed by atoms with Gasteiger partial charge in [0.1, 0.15) is 5.75 Å². The number of anilines is 1. The van der Waals surface area contributed by atoms with Crippen LogP contribution in [-0.2, 0) is 4.79 Å². The lowest BCUT2D eigenvalue weighted by atomic mass is 10.2. The molecule has 0 fully saturated rings. The van der Waals surface area contributed by atoms with Crippen LogP contribution in [0.3, 0.4) is 0 Å². The van der Waals surface area contributed by atoms with Crippen LogP contribution in [0.25, 0.3) is 0 Å². The average Bonchev–Trinajstić information content (AvgIpc) is 2.53. The van der Waals surface area contributed by atoms with Crippen LogP contribution in [0, 0.1) is 6.92 Å². The summed E-state index contributed by atoms with van der Waals surface area (Å²) in [5.74, 6) is 0.905. The Labute approximate surface area is 136 Å². The van der Waals surface area contributed by atoms with Crippen molar-refractivity contribution in [2.45, 2.75) is 24.7 Å². The molecule has 0 saturated carbocycles. The van der Waals surface area contributed by atoms with Gasteiger partial charge in [-0.3, -0.25) is 4.79 Å². The molecule has 0 unspecified atom stereocenters. The summed E-state index contributed by atoms with van der Waals surface area (Å²) >= 11 is 1.66. The van der Waals surface area contributed by atoms with Crippen LogP contribution in [0.2, 0.25) is 0 Å². The highest BCUT2D eigenvalue weighted by atomic mass is 32.2. The first-order valence-electron chi connectivity index (χ1n) is 7.31. The third-order valence-electron chi connectivity index (χ3n) is 3.25. The van der Waals surface area contributed by atoms with Gasteiger partial charge in [0.25, 0.3) is 0 Å². The van der Waals surface area contributed by atoms with Gasteiger partial charge in [-0.25, -0.2) is 0 Å². The van der Waals surface area contributed by atoms with Crippen LogP contribution in [-0.4, -0.2) is 18.8 Å². The van der Waals surface area contributed by atoms with Gasteiger partial charge in [-0.1, -0.05) is 24.3 Å². The zero-order valence-corrected chi connectivity index (χ0v) is 13.8. The number of rotatable bonds is 7. The molecule has 0 radical (unpaired) electrons. The van der Waals surface area contributed by atoms with Crippen LogP contribution in [0.1, 0.15) is 18.4 Å². The van der Waals surface area contributed by atoms with E-state index in [1.54, 1.807) is 11.8 Å². The van der Waals surface area contributed by atoms with Crippen molar-refractivity contribution in [2.24, 2.45) is 0 Å². The van der Waals surface area contributed by atoms with E-state index in [9.17, 15) is 4.79 Å². The van der Waals surface area contributed by atoms with Crippen LogP contribution < -0.4 is 10.1 Å². The largest absolute Gasteiger partial charge is 0.493 e. The van der Waals surface area contributed by atoms with Crippen molar-refractivity contribution in [1.29, 1.82) is 0 Å². The van der Waals surface area contributed by atoms with E-state index in [1.165, 1.54) is 0 Å². The summed E-state index contributed by atoms with van der Waals surface area (Å²) in [5.41, 5.74) is 1.96. The molecule has 0 spiro atoms. The van der Waals surface area contributed by atoms with E-state index in [1.807, 2.05) is 61.7 Å². The van der Waals surface area contributed by atoms with Crippen molar-refractivity contribution < 1.29 is 9.53 Å². The van der Waals surface area contributed by atoms with Gasteiger partial charge in [0, 0.05) is 17.0 Å². The SMILES string of the molecule is CSc1cccc(NC(=O)CCCOc2ccccc2C)c1. The smallest absolute Gasteiger partial charge is 0.224 e. The Morgan fingerprint density at radius 2 is 2.00 bits per heavy atom. The minimum Gasteiger partial charge on any atom is -0.493 e. The van der Waals surface area contributed by atoms with Crippen molar-refractivity contribution in [3.05, 3.63) is 54.1 Å². The summed E-state index contributed by atoms with van der Waals surface area (Å²) in [6.45, 7) is 2.56. The minimum atomic E-state index is 0.0200. The van der Waals surface area contributed by atoms with Crippen LogP contribution in [0.5, 0.6) is 5.75 Å². The number of ether oxygens (including phenoxy) is 1. The van der Waals surface area contributed by atoms with E-state index in [0.29, 0.717) is 19.4 Å². The monoisotopic (exact) mass is 315 g/mol. The molecule has 3 nitrogen and oxygen atoms in total. The fraction of sp³-hybridized carbons (Fsp3) is 0.278. The maximum absolute atomic E-state index is 11.9. The summed E-state index contributed by atoms with van der Waals surface area (Å²) in [6, 6.07) is 15.8. The predicted octanol–water partition coefficient (Wildman–Crippen LogP) is 4.51. The van der Waals surface area contributed by atoms with Gasteiger partial charge in [-0.15, -0.1) is 11.8 Å². The number of benzene rings is 2. The van der Waals surface area contributed by atoms with Gasteiger partial charge in [-0.05, 0) is 49.4 Å². The standard InChI is InChI=1S/C18H21NO2S/c1-14-7-3-4-10-17(14)21-12-6-11-18(20)19-15-8-5-9-16(13-15)22-2/h3-5,7-10,13H,6,11-12H2,1-2H3,(H,19,20). The molecule has 116 valence electrons. The first-order valence-corrected chi connectivity index (χ1v) is 8.54. The molecule has 22 heavy (non-hydrogen) atoms. The third-order valence-corrected chi connectivity index (χ3v) is 3.98. The summed E-state index contributed by atoms with van der Waals surface area (Å²) in [5, 5.41) is 2.92. The lowest BCUT2D eigenvalue weighted by Crippen LogP contribution is -2.12. The first-order chi connectivity index (χ1) is 10.7. The molecule has 0 atom stereocenters. The Balaban J connectivity index is 1.73. The highest BCUT2D eigenvalue weighted by molar-refractivity contribution is 7.98. The minimum absolute atomic E-state index is 0.0200. The molecular weight excluding hydrogens is 294 g/mol. The fourth-order valence-electron chi connectivity index (χ4n) is 2.06. The molecule has 2 rings (SSSR count). The lowest BCUT2D eigenvalue weighted by molar-refractivity contribution is -0.116. The van der Waals surface area contributed by atoms with Gasteiger partial charge in [0.2, 0.25) is 5.91 Å². The van der Waals surface area contributed by atoms with Crippen molar-refractivity contribution in [3.63, 3.8) is 0 Å². The number of carbonyl (C=O) groups is 1. The average molecular weight is 315 g/mol. The zero-order chi connectivity index (χ0) is 15.8. The lowest BCUT2D eigenvalue weighted by Gasteiger charge is -2.09. The van der Waals surface area contributed by atoms with E-state index < -0.39 is 0 Å². The normalized spacial score (nSPS) is 10.3. The van der Waals surface area contributed by atoms with E-state index in [2.05, 4.69) is 5.32 Å². The van der Waals surface area contributed by atoms with Crippen LogP contribution in [0.4, 0.5) is 5.69 Å². The van der Waals surface area contributed by atoms with Crippen molar-refractivity contribution in [2.75, 3.05) is 18.2 Å². The number of amides is 1. The molecular formula is C18H21NO2S. The van der Waals surface area contributed by atoms with Crippen molar-refractivity contribution >= 4 is 23.4 Å². The number of thioether (sulfide) groups is 1. The van der Waals surface area contributed by atoms with E-state index in [0.717, 1.165) is 21.9 Å². The number of hydrogen-bond acceptors (Lipinski definition) is 3. The highest BCUT2D eigenvalue weighted by Crippen LogP contribution is 2.19. The van der Waals surface area contributed by atoms with Gasteiger partial charge in [-0.2, -0.15) is 0 Å². The van der Waals surface area contributed by atoms with Gasteiger partial charge in [0.05, 0.1) is 6.61 Å². The maximum atomic E-state index is 11.9. The van der Waals surface area contributed by atoms with E-state index in [4.69, 9.17) is 4.74 Å². The Morgan fingerprint density at radius 1 is 1.18 bits per heavy atom. The van der Waals surface area contributed by atoms with Crippen LogP contribution >= 0.6 is 11.8 Å². The second-order valence-electron chi connectivity index (χ2n) is 5.00. The van der Waals surface area contributed by atoms with Crippen molar-refractivity contribution in [3.8, 4) is 5.75 Å². The number of carbonyl (C=O) groups excluding carboxylic acids is 1. The highest BCUT2D eigenvalue weighted by Gasteiger charge is 2.04. The van der Waals surface area contributed by atoms with Gasteiger partial charge >= 0.3 is 0 Å². The summed E-state index contributed by atoms with van der Waals surface area (Å²) in [4.78, 5) is 13.1. The van der Waals surface area contributed by atoms with E-state index in [-0.39, 0.29) is 5.91 Å². The molecule has 0 aromatic heterocycles. The second kappa shape index (κ2) is 8.49. The molecule has 0 heterocycles. The van der Waals surface area contributed by atoms with E-state index >= 15 is 0 Å². The number of aryl methyl sites for hydroxylation is 1. The Morgan fingerprint density at radius 3 is 2.77 bits per heavy atom. The quantitative estimate of drug-likeness (QED) is 0.603. The predicted molar refractivity (Wildman–Crippen MR) is 92.8 cm³/mol. The Bertz CT molecular complexity index is 628. The topological polar surface area (TPSA) is 38.3 Å². The fourth-order valence-corrected chi connectivity index (χ4v) is 2.52. The van der Waals surface area contributed by atoms with Gasteiger partial charge in [0.15, 0.2) is 0 Å². The molecule has 0 aliphatic carbocycles.